The number of hydrogen-bond donors (Lipinski definition) is 3. The maximum Gasteiger partial charge on any atom is 0.371 e. The molecule has 0 spiro atoms. The normalized spacial score (nSPS) is 10.9. The van der Waals surface area contributed by atoms with Crippen LogP contribution in [-0.2, 0) is 0 Å². The zero-order valence-electron chi connectivity index (χ0n) is 10.4. The van der Waals surface area contributed by atoms with Gasteiger partial charge in [0.05, 0.1) is 0 Å². The minimum Gasteiger partial charge on any atom is -0.508 e. The fraction of sp³-hybridized carbons (Fsp3) is 0. The molecule has 0 saturated heterocycles. The first kappa shape index (κ1) is 12.8. The van der Waals surface area contributed by atoms with E-state index in [1.165, 1.54) is 18.2 Å². The molecule has 0 aliphatic heterocycles. The van der Waals surface area contributed by atoms with Crippen molar-refractivity contribution >= 4 is 16.9 Å². The smallest absolute Gasteiger partial charge is 0.371 e. The molecule has 0 fully saturated rings. The van der Waals surface area contributed by atoms with Crippen LogP contribution in [0.25, 0.3) is 22.3 Å². The van der Waals surface area contributed by atoms with Gasteiger partial charge in [-0.15, -0.1) is 0 Å². The van der Waals surface area contributed by atoms with Gasteiger partial charge in [0.2, 0.25) is 11.2 Å². The molecule has 1 aromatic carbocycles. The number of benzene rings is 1. The van der Waals surface area contributed by atoms with Crippen LogP contribution < -0.4 is 5.43 Å². The van der Waals surface area contributed by atoms with Crippen LogP contribution in [0, 0.1) is 0 Å². The highest BCUT2D eigenvalue weighted by Crippen LogP contribution is 2.30. The molecule has 0 unspecified atom stereocenters. The predicted octanol–water partition coefficient (Wildman–Crippen LogP) is 2.16. The van der Waals surface area contributed by atoms with E-state index in [1.54, 1.807) is 0 Å². The maximum atomic E-state index is 12.3. The number of aromatic carboxylic acids is 1. The first-order valence-corrected chi connectivity index (χ1v) is 5.78. The van der Waals surface area contributed by atoms with Gasteiger partial charge in [0.1, 0.15) is 40.1 Å². The Bertz CT molecular complexity index is 917. The third-order valence-corrected chi connectivity index (χ3v) is 2.92. The number of hydrogen-bond acceptors (Lipinski definition) is 6. The molecular formula is C14H8O7. The lowest BCUT2D eigenvalue weighted by Gasteiger charge is -2.03. The molecule has 3 aromatic rings. The van der Waals surface area contributed by atoms with Gasteiger partial charge < -0.3 is 24.2 Å². The van der Waals surface area contributed by atoms with Gasteiger partial charge in [0.25, 0.3) is 0 Å². The fourth-order valence-electron chi connectivity index (χ4n) is 1.99. The highest BCUT2D eigenvalue weighted by Gasteiger charge is 2.17. The highest BCUT2D eigenvalue weighted by atomic mass is 16.4. The van der Waals surface area contributed by atoms with E-state index in [2.05, 4.69) is 0 Å². The van der Waals surface area contributed by atoms with Crippen LogP contribution in [0.5, 0.6) is 11.5 Å². The summed E-state index contributed by atoms with van der Waals surface area (Å²) in [5.41, 5.74) is -0.623. The van der Waals surface area contributed by atoms with E-state index < -0.39 is 17.1 Å². The topological polar surface area (TPSA) is 121 Å². The second-order valence-electron chi connectivity index (χ2n) is 4.29. The van der Waals surface area contributed by atoms with Gasteiger partial charge in [-0.2, -0.15) is 0 Å². The van der Waals surface area contributed by atoms with E-state index in [0.29, 0.717) is 0 Å². The number of carboxylic acid groups (broad SMARTS) is 1. The average Bonchev–Trinajstić information content (AvgIpc) is 2.87. The maximum absolute atomic E-state index is 12.3. The number of furan rings is 1. The molecule has 106 valence electrons. The minimum absolute atomic E-state index is 0.00580. The molecule has 7 heteroatoms. The van der Waals surface area contributed by atoms with Crippen molar-refractivity contribution in [1.29, 1.82) is 0 Å². The molecule has 0 radical (unpaired) electrons. The molecule has 0 bridgehead atoms. The van der Waals surface area contributed by atoms with Crippen molar-refractivity contribution in [2.24, 2.45) is 0 Å². The minimum atomic E-state index is -1.26. The lowest BCUT2D eigenvalue weighted by Crippen LogP contribution is -2.04. The Morgan fingerprint density at radius 3 is 2.57 bits per heavy atom. The predicted molar refractivity (Wildman–Crippen MR) is 70.5 cm³/mol. The number of fused-ring (bicyclic) bond motifs is 1. The van der Waals surface area contributed by atoms with Crippen LogP contribution in [0.15, 0.2) is 44.2 Å². The largest absolute Gasteiger partial charge is 0.508 e. The van der Waals surface area contributed by atoms with E-state index in [1.807, 2.05) is 0 Å². The van der Waals surface area contributed by atoms with E-state index in [4.69, 9.17) is 13.9 Å². The first-order chi connectivity index (χ1) is 9.97. The molecule has 3 N–H and O–H groups in total. The molecule has 3 rings (SSSR count). The quantitative estimate of drug-likeness (QED) is 0.660. The molecule has 0 atom stereocenters. The van der Waals surface area contributed by atoms with Gasteiger partial charge >= 0.3 is 5.97 Å². The zero-order valence-corrected chi connectivity index (χ0v) is 10.4. The summed E-state index contributed by atoms with van der Waals surface area (Å²) in [6.07, 6.45) is 1.08. The van der Waals surface area contributed by atoms with Crippen molar-refractivity contribution in [2.75, 3.05) is 0 Å². The van der Waals surface area contributed by atoms with Crippen LogP contribution in [0.3, 0.4) is 0 Å². The molecule has 0 aliphatic carbocycles. The van der Waals surface area contributed by atoms with E-state index in [9.17, 15) is 19.8 Å². The third kappa shape index (κ3) is 2.00. The number of carbonyl (C=O) groups is 1. The van der Waals surface area contributed by atoms with Crippen LogP contribution in [-0.4, -0.2) is 21.3 Å². The number of phenolic OH excluding ortho intramolecular Hbond substituents is 2. The summed E-state index contributed by atoms with van der Waals surface area (Å²) in [5.74, 6) is -2.26. The van der Waals surface area contributed by atoms with E-state index in [0.717, 1.165) is 12.3 Å². The standard InChI is InChI=1S/C14H8O7/c15-6-3-8(16)12-11(4-6)20-5-7(13(12)17)9-1-2-10(21-9)14(18)19/h1-5,15-16H,(H,18,19). The van der Waals surface area contributed by atoms with Crippen LogP contribution in [0.2, 0.25) is 0 Å². The number of phenols is 2. The molecule has 0 saturated carbocycles. The van der Waals surface area contributed by atoms with Crippen molar-refractivity contribution in [1.82, 2.24) is 0 Å². The van der Waals surface area contributed by atoms with E-state index in [-0.39, 0.29) is 33.8 Å². The summed E-state index contributed by atoms with van der Waals surface area (Å²) in [6.45, 7) is 0. The Morgan fingerprint density at radius 1 is 1.14 bits per heavy atom. The third-order valence-electron chi connectivity index (χ3n) is 2.92. The Kier molecular flexibility index (Phi) is 2.69. The average molecular weight is 288 g/mol. The van der Waals surface area contributed by atoms with E-state index >= 15 is 0 Å². The van der Waals surface area contributed by atoms with Crippen molar-refractivity contribution in [3.8, 4) is 22.8 Å². The molecule has 0 amide bonds. The molecule has 21 heavy (non-hydrogen) atoms. The lowest BCUT2D eigenvalue weighted by atomic mass is 10.1. The molecule has 0 aliphatic rings. The van der Waals surface area contributed by atoms with Crippen LogP contribution in [0.4, 0.5) is 0 Å². The van der Waals surface area contributed by atoms with Gasteiger partial charge in [0, 0.05) is 12.1 Å². The summed E-state index contributed by atoms with van der Waals surface area (Å²) < 4.78 is 10.2. The van der Waals surface area contributed by atoms with Crippen LogP contribution >= 0.6 is 0 Å². The number of carboxylic acids is 1. The van der Waals surface area contributed by atoms with Gasteiger partial charge in [-0.05, 0) is 12.1 Å². The summed E-state index contributed by atoms with van der Waals surface area (Å²) in [5, 5.41) is 27.8. The molecule has 7 nitrogen and oxygen atoms in total. The summed E-state index contributed by atoms with van der Waals surface area (Å²) in [4.78, 5) is 23.1. The van der Waals surface area contributed by atoms with Crippen LogP contribution in [0.1, 0.15) is 10.6 Å². The van der Waals surface area contributed by atoms with Gasteiger partial charge in [-0.3, -0.25) is 4.79 Å². The Labute approximate surface area is 116 Å². The summed E-state index contributed by atoms with van der Waals surface area (Å²) in [6, 6.07) is 4.72. The van der Waals surface area contributed by atoms with Gasteiger partial charge in [0.15, 0.2) is 0 Å². The highest BCUT2D eigenvalue weighted by molar-refractivity contribution is 5.88. The van der Waals surface area contributed by atoms with Crippen molar-refractivity contribution in [2.45, 2.75) is 0 Å². The monoisotopic (exact) mass is 288 g/mol. The zero-order chi connectivity index (χ0) is 15.1. The summed E-state index contributed by atoms with van der Waals surface area (Å²) >= 11 is 0. The van der Waals surface area contributed by atoms with Gasteiger partial charge in [-0.25, -0.2) is 4.79 Å². The number of rotatable bonds is 2. The number of aromatic hydroxyl groups is 2. The van der Waals surface area contributed by atoms with Crippen molar-refractivity contribution < 1.29 is 28.9 Å². The first-order valence-electron chi connectivity index (χ1n) is 5.78. The molecular weight excluding hydrogens is 280 g/mol. The molecule has 2 heterocycles. The fourth-order valence-corrected chi connectivity index (χ4v) is 1.99. The Hall–Kier alpha value is -3.22. The van der Waals surface area contributed by atoms with Crippen molar-refractivity contribution in [3.63, 3.8) is 0 Å². The van der Waals surface area contributed by atoms with Crippen molar-refractivity contribution in [3.05, 3.63) is 46.5 Å². The van der Waals surface area contributed by atoms with Gasteiger partial charge in [-0.1, -0.05) is 0 Å². The summed E-state index contributed by atoms with van der Waals surface area (Å²) in [7, 11) is 0. The Balaban J connectivity index is 2.27. The second kappa shape index (κ2) is 4.41. The Morgan fingerprint density at radius 2 is 1.90 bits per heavy atom. The second-order valence-corrected chi connectivity index (χ2v) is 4.29. The lowest BCUT2D eigenvalue weighted by molar-refractivity contribution is 0.0663. The SMILES string of the molecule is O=C(O)c1ccc(-c2coc3cc(O)cc(O)c3c2=O)o1. The molecule has 2 aromatic heterocycles.